The van der Waals surface area contributed by atoms with Gasteiger partial charge < -0.3 is 10.6 Å². The zero-order valence-corrected chi connectivity index (χ0v) is 18.1. The molecule has 29 heavy (non-hydrogen) atoms. The first-order valence-electron chi connectivity index (χ1n) is 10.0. The van der Waals surface area contributed by atoms with Gasteiger partial charge in [-0.25, -0.2) is 8.42 Å². The first-order chi connectivity index (χ1) is 13.8. The minimum absolute atomic E-state index is 0.0909. The molecule has 1 heterocycles. The van der Waals surface area contributed by atoms with Gasteiger partial charge in [0.15, 0.2) is 0 Å². The molecule has 0 aromatic heterocycles. The predicted octanol–water partition coefficient (Wildman–Crippen LogP) is 3.18. The van der Waals surface area contributed by atoms with Crippen molar-refractivity contribution in [2.24, 2.45) is 0 Å². The van der Waals surface area contributed by atoms with Crippen LogP contribution < -0.4 is 10.6 Å². The molecule has 0 radical (unpaired) electrons. The molecule has 0 atom stereocenters. The number of carbonyl (C=O) groups is 1. The minimum atomic E-state index is -3.21. The van der Waals surface area contributed by atoms with Crippen molar-refractivity contribution in [1.29, 1.82) is 0 Å². The number of rotatable bonds is 7. The van der Waals surface area contributed by atoms with Gasteiger partial charge in [0, 0.05) is 24.5 Å². The number of carbonyl (C=O) groups excluding carboxylic acids is 1. The summed E-state index contributed by atoms with van der Waals surface area (Å²) in [7, 11) is -3.21. The zero-order valence-electron chi connectivity index (χ0n) is 17.3. The van der Waals surface area contributed by atoms with Gasteiger partial charge in [0.05, 0.1) is 12.8 Å². The third-order valence-electron chi connectivity index (χ3n) is 5.40. The van der Waals surface area contributed by atoms with E-state index in [0.717, 1.165) is 46.5 Å². The standard InChI is InChI=1S/C22H29N3O3S/c1-4-16-8-6-9-17(5-2)22(16)24-21(26)14-23-20-11-7-10-18-15-25(29(3,27)28)13-12-19(18)20/h6-11,23H,4-5,12-15H2,1-3H3,(H,24,26). The van der Waals surface area contributed by atoms with E-state index in [2.05, 4.69) is 24.5 Å². The van der Waals surface area contributed by atoms with E-state index in [9.17, 15) is 13.2 Å². The minimum Gasteiger partial charge on any atom is -0.376 e. The molecular weight excluding hydrogens is 386 g/mol. The highest BCUT2D eigenvalue weighted by molar-refractivity contribution is 7.88. The molecule has 0 bridgehead atoms. The van der Waals surface area contributed by atoms with Gasteiger partial charge in [-0.15, -0.1) is 0 Å². The number of aryl methyl sites for hydroxylation is 2. The molecule has 0 saturated carbocycles. The van der Waals surface area contributed by atoms with E-state index < -0.39 is 10.0 Å². The highest BCUT2D eigenvalue weighted by atomic mass is 32.2. The predicted molar refractivity (Wildman–Crippen MR) is 118 cm³/mol. The quantitative estimate of drug-likeness (QED) is 0.728. The van der Waals surface area contributed by atoms with Crippen LogP contribution in [0.2, 0.25) is 0 Å². The Balaban J connectivity index is 1.70. The van der Waals surface area contributed by atoms with Crippen LogP contribution in [-0.2, 0) is 40.6 Å². The Morgan fingerprint density at radius 3 is 2.34 bits per heavy atom. The van der Waals surface area contributed by atoms with Crippen LogP contribution in [0, 0.1) is 0 Å². The van der Waals surface area contributed by atoms with Crippen molar-refractivity contribution < 1.29 is 13.2 Å². The number of hydrogen-bond donors (Lipinski definition) is 2. The number of sulfonamides is 1. The van der Waals surface area contributed by atoms with Gasteiger partial charge in [0.2, 0.25) is 15.9 Å². The lowest BCUT2D eigenvalue weighted by molar-refractivity contribution is -0.114. The van der Waals surface area contributed by atoms with Crippen LogP contribution in [0.15, 0.2) is 36.4 Å². The molecule has 6 nitrogen and oxygen atoms in total. The van der Waals surface area contributed by atoms with Gasteiger partial charge in [-0.1, -0.05) is 44.2 Å². The Morgan fingerprint density at radius 2 is 1.72 bits per heavy atom. The van der Waals surface area contributed by atoms with Gasteiger partial charge in [-0.3, -0.25) is 4.79 Å². The molecule has 1 aliphatic rings. The second kappa shape index (κ2) is 8.97. The maximum atomic E-state index is 12.6. The second-order valence-electron chi connectivity index (χ2n) is 7.35. The fourth-order valence-corrected chi connectivity index (χ4v) is 4.59. The van der Waals surface area contributed by atoms with Crippen LogP contribution in [0.4, 0.5) is 11.4 Å². The Labute approximate surface area is 173 Å². The Kier molecular flexibility index (Phi) is 6.59. The summed E-state index contributed by atoms with van der Waals surface area (Å²) in [5, 5.41) is 6.31. The topological polar surface area (TPSA) is 78.5 Å². The van der Waals surface area contributed by atoms with Gasteiger partial charge in [0.1, 0.15) is 0 Å². The van der Waals surface area contributed by atoms with Crippen LogP contribution in [0.3, 0.4) is 0 Å². The highest BCUT2D eigenvalue weighted by Gasteiger charge is 2.24. The second-order valence-corrected chi connectivity index (χ2v) is 9.33. The first-order valence-corrected chi connectivity index (χ1v) is 11.9. The fourth-order valence-electron chi connectivity index (χ4n) is 3.79. The molecular formula is C22H29N3O3S. The summed E-state index contributed by atoms with van der Waals surface area (Å²) in [6.45, 7) is 5.16. The van der Waals surface area contributed by atoms with E-state index in [1.165, 1.54) is 10.6 Å². The summed E-state index contributed by atoms with van der Waals surface area (Å²) in [5.41, 5.74) is 6.15. The van der Waals surface area contributed by atoms with Crippen molar-refractivity contribution in [3.8, 4) is 0 Å². The maximum absolute atomic E-state index is 12.6. The molecule has 2 N–H and O–H groups in total. The smallest absolute Gasteiger partial charge is 0.243 e. The number of anilines is 2. The average Bonchev–Trinajstić information content (AvgIpc) is 2.71. The largest absolute Gasteiger partial charge is 0.376 e. The summed E-state index contributed by atoms with van der Waals surface area (Å²) in [6.07, 6.45) is 3.59. The number of amides is 1. The molecule has 0 spiro atoms. The monoisotopic (exact) mass is 415 g/mol. The molecule has 2 aromatic carbocycles. The molecule has 1 aliphatic heterocycles. The van der Waals surface area contributed by atoms with Gasteiger partial charge in [-0.05, 0) is 47.6 Å². The Morgan fingerprint density at radius 1 is 1.07 bits per heavy atom. The third kappa shape index (κ3) is 4.97. The zero-order chi connectivity index (χ0) is 21.0. The van der Waals surface area contributed by atoms with Crippen molar-refractivity contribution in [3.63, 3.8) is 0 Å². The lowest BCUT2D eigenvalue weighted by Crippen LogP contribution is -2.35. The lowest BCUT2D eigenvalue weighted by atomic mass is 9.99. The number of benzene rings is 2. The van der Waals surface area contributed by atoms with Crippen LogP contribution in [-0.4, -0.2) is 38.0 Å². The van der Waals surface area contributed by atoms with Crippen molar-refractivity contribution in [1.82, 2.24) is 4.31 Å². The molecule has 0 saturated heterocycles. The molecule has 156 valence electrons. The molecule has 0 aliphatic carbocycles. The first kappa shape index (κ1) is 21.3. The highest BCUT2D eigenvalue weighted by Crippen LogP contribution is 2.27. The summed E-state index contributed by atoms with van der Waals surface area (Å²) in [5.74, 6) is -0.0909. The molecule has 1 amide bonds. The van der Waals surface area contributed by atoms with Crippen LogP contribution in [0.1, 0.15) is 36.1 Å². The van der Waals surface area contributed by atoms with Crippen LogP contribution in [0.5, 0.6) is 0 Å². The average molecular weight is 416 g/mol. The summed E-state index contributed by atoms with van der Waals surface area (Å²) in [6, 6.07) is 11.9. The van der Waals surface area contributed by atoms with E-state index in [1.807, 2.05) is 36.4 Å². The van der Waals surface area contributed by atoms with Gasteiger partial charge in [0.25, 0.3) is 0 Å². The number of nitrogens with zero attached hydrogens (tertiary/aromatic N) is 1. The van der Waals surface area contributed by atoms with Gasteiger partial charge in [-0.2, -0.15) is 4.31 Å². The molecule has 7 heteroatoms. The molecule has 3 rings (SSSR count). The normalized spacial score (nSPS) is 14.3. The van der Waals surface area contributed by atoms with Crippen LogP contribution >= 0.6 is 0 Å². The van der Waals surface area contributed by atoms with Crippen molar-refractivity contribution >= 4 is 27.3 Å². The Bertz CT molecular complexity index is 980. The summed E-state index contributed by atoms with van der Waals surface area (Å²) in [4.78, 5) is 12.6. The SMILES string of the molecule is CCc1cccc(CC)c1NC(=O)CNc1cccc2c1CCN(S(C)(=O)=O)C2. The van der Waals surface area contributed by atoms with E-state index in [1.54, 1.807) is 0 Å². The molecule has 2 aromatic rings. The summed E-state index contributed by atoms with van der Waals surface area (Å²) < 4.78 is 25.1. The number of nitrogens with one attached hydrogen (secondary N) is 2. The van der Waals surface area contributed by atoms with Crippen molar-refractivity contribution in [2.75, 3.05) is 30.0 Å². The van der Waals surface area contributed by atoms with E-state index in [0.29, 0.717) is 19.5 Å². The number of para-hydroxylation sites is 1. The van der Waals surface area contributed by atoms with Crippen molar-refractivity contribution in [2.45, 2.75) is 39.7 Å². The van der Waals surface area contributed by atoms with Crippen molar-refractivity contribution in [3.05, 3.63) is 58.7 Å². The van der Waals surface area contributed by atoms with E-state index in [-0.39, 0.29) is 12.5 Å². The Hall–Kier alpha value is -2.38. The third-order valence-corrected chi connectivity index (χ3v) is 6.65. The maximum Gasteiger partial charge on any atom is 0.243 e. The number of hydrogen-bond acceptors (Lipinski definition) is 4. The molecule has 0 fully saturated rings. The van der Waals surface area contributed by atoms with E-state index in [4.69, 9.17) is 0 Å². The lowest BCUT2D eigenvalue weighted by Gasteiger charge is -2.28. The molecule has 0 unspecified atom stereocenters. The van der Waals surface area contributed by atoms with Gasteiger partial charge >= 0.3 is 0 Å². The number of fused-ring (bicyclic) bond motifs is 1. The fraction of sp³-hybridized carbons (Fsp3) is 0.409. The van der Waals surface area contributed by atoms with Crippen LogP contribution in [0.25, 0.3) is 0 Å². The summed E-state index contributed by atoms with van der Waals surface area (Å²) >= 11 is 0. The van der Waals surface area contributed by atoms with E-state index >= 15 is 0 Å².